The molecule has 0 spiro atoms. The van der Waals surface area contributed by atoms with Crippen molar-refractivity contribution >= 4 is 11.9 Å². The lowest BCUT2D eigenvalue weighted by Crippen LogP contribution is -2.37. The Hall–Kier alpha value is -1.91. The summed E-state index contributed by atoms with van der Waals surface area (Å²) in [6.07, 6.45) is 1.89. The van der Waals surface area contributed by atoms with Crippen molar-refractivity contribution in [1.29, 1.82) is 0 Å². The molecule has 1 aromatic rings. The quantitative estimate of drug-likeness (QED) is 0.898. The van der Waals surface area contributed by atoms with Crippen molar-refractivity contribution < 1.29 is 19.1 Å². The maximum atomic E-state index is 13.9. The third-order valence-electron chi connectivity index (χ3n) is 4.65. The molecular formula is C16H18FNO3. The lowest BCUT2D eigenvalue weighted by molar-refractivity contribution is -0.140. The van der Waals surface area contributed by atoms with Crippen LogP contribution in [0.5, 0.6) is 0 Å². The molecule has 0 aliphatic heterocycles. The molecule has 4 atom stereocenters. The van der Waals surface area contributed by atoms with Gasteiger partial charge < -0.3 is 10.4 Å². The van der Waals surface area contributed by atoms with Gasteiger partial charge in [0.05, 0.1) is 17.9 Å². The van der Waals surface area contributed by atoms with Crippen LogP contribution in [0.25, 0.3) is 0 Å². The van der Waals surface area contributed by atoms with E-state index in [1.165, 1.54) is 6.07 Å². The van der Waals surface area contributed by atoms with Crippen LogP contribution in [0.4, 0.5) is 4.39 Å². The summed E-state index contributed by atoms with van der Waals surface area (Å²) in [6, 6.07) is 4.71. The summed E-state index contributed by atoms with van der Waals surface area (Å²) in [6.45, 7) is 2.03. The molecule has 2 aliphatic carbocycles. The van der Waals surface area contributed by atoms with Crippen LogP contribution in [0.1, 0.15) is 36.9 Å². The van der Waals surface area contributed by atoms with Gasteiger partial charge >= 0.3 is 5.97 Å². The summed E-state index contributed by atoms with van der Waals surface area (Å²) >= 11 is 0. The molecule has 0 bridgehead atoms. The fourth-order valence-corrected chi connectivity index (χ4v) is 3.21. The van der Waals surface area contributed by atoms with E-state index in [4.69, 9.17) is 5.11 Å². The molecule has 4 unspecified atom stereocenters. The molecule has 1 fully saturated rings. The van der Waals surface area contributed by atoms with E-state index in [0.717, 1.165) is 12.0 Å². The molecular weight excluding hydrogens is 273 g/mol. The van der Waals surface area contributed by atoms with Crippen LogP contribution in [0, 0.1) is 23.6 Å². The molecule has 1 amide bonds. The monoisotopic (exact) mass is 291 g/mol. The van der Waals surface area contributed by atoms with E-state index in [-0.39, 0.29) is 23.7 Å². The summed E-state index contributed by atoms with van der Waals surface area (Å²) in [5, 5.41) is 11.8. The number of aliphatic carboxylic acids is 1. The number of carboxylic acids is 1. The predicted octanol–water partition coefficient (Wildman–Crippen LogP) is 2.29. The molecule has 2 N–H and O–H groups in total. The highest BCUT2D eigenvalue weighted by Gasteiger charge is 2.49. The molecule has 0 aromatic heterocycles. The zero-order valence-electron chi connectivity index (χ0n) is 11.8. The van der Waals surface area contributed by atoms with Gasteiger partial charge in [0, 0.05) is 0 Å². The normalized spacial score (nSPS) is 30.4. The molecule has 21 heavy (non-hydrogen) atoms. The first-order chi connectivity index (χ1) is 9.99. The molecule has 4 nitrogen and oxygen atoms in total. The van der Waals surface area contributed by atoms with E-state index in [2.05, 4.69) is 5.32 Å². The average molecular weight is 291 g/mol. The summed E-state index contributed by atoms with van der Waals surface area (Å²) in [5.74, 6) is -2.15. The van der Waals surface area contributed by atoms with Gasteiger partial charge in [-0.3, -0.25) is 9.59 Å². The Kier molecular flexibility index (Phi) is 3.43. The zero-order valence-corrected chi connectivity index (χ0v) is 11.8. The van der Waals surface area contributed by atoms with Crippen molar-refractivity contribution in [2.24, 2.45) is 17.8 Å². The number of carboxylic acid groups (broad SMARTS) is 1. The Morgan fingerprint density at radius 3 is 2.76 bits per heavy atom. The highest BCUT2D eigenvalue weighted by Crippen LogP contribution is 2.41. The minimum Gasteiger partial charge on any atom is -0.481 e. The maximum absolute atomic E-state index is 13.9. The van der Waals surface area contributed by atoms with Gasteiger partial charge in [-0.05, 0) is 42.4 Å². The topological polar surface area (TPSA) is 66.4 Å². The second kappa shape index (κ2) is 5.13. The third kappa shape index (κ3) is 2.52. The fraction of sp³-hybridized carbons (Fsp3) is 0.500. The minimum absolute atomic E-state index is 0.213. The molecule has 0 radical (unpaired) electrons. The Morgan fingerprint density at radius 2 is 2.10 bits per heavy atom. The maximum Gasteiger partial charge on any atom is 0.307 e. The number of fused-ring (bicyclic) bond motifs is 1. The highest BCUT2D eigenvalue weighted by atomic mass is 19.1. The smallest absolute Gasteiger partial charge is 0.307 e. The standard InChI is InChI=1S/C16H18FNO3/c1-8-5-6-9-10(3-2-4-13(9)17)14(8)18-15(19)11-7-12(11)16(20)21/h2-4,8,11-12,14H,5-7H2,1H3,(H,18,19)(H,20,21). The number of amides is 1. The van der Waals surface area contributed by atoms with E-state index < -0.39 is 17.8 Å². The van der Waals surface area contributed by atoms with E-state index in [0.29, 0.717) is 18.4 Å². The number of carbonyl (C=O) groups excluding carboxylic acids is 1. The first kappa shape index (κ1) is 14.0. The Bertz CT molecular complexity index is 601. The molecule has 1 aromatic carbocycles. The number of nitrogens with one attached hydrogen (secondary N) is 1. The van der Waals surface area contributed by atoms with Crippen LogP contribution >= 0.6 is 0 Å². The van der Waals surface area contributed by atoms with Crippen LogP contribution in [-0.4, -0.2) is 17.0 Å². The fourth-order valence-electron chi connectivity index (χ4n) is 3.21. The van der Waals surface area contributed by atoms with Gasteiger partial charge in [0.2, 0.25) is 5.91 Å². The van der Waals surface area contributed by atoms with Crippen molar-refractivity contribution in [3.05, 3.63) is 35.1 Å². The lowest BCUT2D eigenvalue weighted by Gasteiger charge is -2.32. The first-order valence-corrected chi connectivity index (χ1v) is 7.29. The third-order valence-corrected chi connectivity index (χ3v) is 4.65. The van der Waals surface area contributed by atoms with Crippen LogP contribution in [0.2, 0.25) is 0 Å². The van der Waals surface area contributed by atoms with Gasteiger partial charge in [-0.15, -0.1) is 0 Å². The first-order valence-electron chi connectivity index (χ1n) is 7.29. The average Bonchev–Trinajstić information content (AvgIpc) is 3.23. The summed E-state index contributed by atoms with van der Waals surface area (Å²) in [4.78, 5) is 23.0. The van der Waals surface area contributed by atoms with Crippen molar-refractivity contribution in [2.75, 3.05) is 0 Å². The lowest BCUT2D eigenvalue weighted by atomic mass is 9.80. The van der Waals surface area contributed by atoms with Gasteiger partial charge in [0.25, 0.3) is 0 Å². The Morgan fingerprint density at radius 1 is 1.33 bits per heavy atom. The van der Waals surface area contributed by atoms with Crippen molar-refractivity contribution in [2.45, 2.75) is 32.2 Å². The van der Waals surface area contributed by atoms with Gasteiger partial charge in [-0.25, -0.2) is 4.39 Å². The van der Waals surface area contributed by atoms with E-state index >= 15 is 0 Å². The van der Waals surface area contributed by atoms with Gasteiger partial charge in [-0.2, -0.15) is 0 Å². The largest absolute Gasteiger partial charge is 0.481 e. The molecule has 3 rings (SSSR count). The Labute approximate surface area is 122 Å². The number of rotatable bonds is 3. The minimum atomic E-state index is -0.918. The number of benzene rings is 1. The second-order valence-electron chi connectivity index (χ2n) is 6.10. The molecule has 0 saturated heterocycles. The second-order valence-corrected chi connectivity index (χ2v) is 6.10. The van der Waals surface area contributed by atoms with Crippen molar-refractivity contribution in [3.8, 4) is 0 Å². The molecule has 2 aliphatic rings. The molecule has 1 saturated carbocycles. The van der Waals surface area contributed by atoms with E-state index in [1.807, 2.05) is 13.0 Å². The van der Waals surface area contributed by atoms with Gasteiger partial charge in [0.15, 0.2) is 0 Å². The number of hydrogen-bond acceptors (Lipinski definition) is 2. The number of halogens is 1. The van der Waals surface area contributed by atoms with Crippen molar-refractivity contribution in [3.63, 3.8) is 0 Å². The van der Waals surface area contributed by atoms with Crippen LogP contribution in [0.15, 0.2) is 18.2 Å². The number of hydrogen-bond donors (Lipinski definition) is 2. The van der Waals surface area contributed by atoms with Gasteiger partial charge in [0.1, 0.15) is 5.82 Å². The van der Waals surface area contributed by atoms with E-state index in [1.54, 1.807) is 6.07 Å². The van der Waals surface area contributed by atoms with Gasteiger partial charge in [-0.1, -0.05) is 19.1 Å². The summed E-state index contributed by atoms with van der Waals surface area (Å²) < 4.78 is 13.9. The van der Waals surface area contributed by atoms with Crippen molar-refractivity contribution in [1.82, 2.24) is 5.32 Å². The zero-order chi connectivity index (χ0) is 15.1. The van der Waals surface area contributed by atoms with Crippen LogP contribution in [-0.2, 0) is 16.0 Å². The number of carbonyl (C=O) groups is 2. The predicted molar refractivity (Wildman–Crippen MR) is 74.0 cm³/mol. The summed E-state index contributed by atoms with van der Waals surface area (Å²) in [7, 11) is 0. The highest BCUT2D eigenvalue weighted by molar-refractivity contribution is 5.89. The molecule has 0 heterocycles. The van der Waals surface area contributed by atoms with Crippen LogP contribution < -0.4 is 5.32 Å². The summed E-state index contributed by atoms with van der Waals surface area (Å²) in [5.41, 5.74) is 1.50. The van der Waals surface area contributed by atoms with E-state index in [9.17, 15) is 14.0 Å². The SMILES string of the molecule is CC1CCc2c(F)cccc2C1NC(=O)C1CC1C(=O)O. The molecule has 112 valence electrons. The van der Waals surface area contributed by atoms with Crippen LogP contribution in [0.3, 0.4) is 0 Å². The Balaban J connectivity index is 1.78. The molecule has 5 heteroatoms.